The average molecular weight is 308 g/mol. The lowest BCUT2D eigenvalue weighted by molar-refractivity contribution is 0.0941. The van der Waals surface area contributed by atoms with Crippen LogP contribution in [0, 0.1) is 18.3 Å². The fraction of sp³-hybridized carbons (Fsp3) is 0.533. The molecule has 1 heterocycles. The summed E-state index contributed by atoms with van der Waals surface area (Å²) in [5.74, 6) is 0. The molecule has 0 unspecified atom stereocenters. The van der Waals surface area contributed by atoms with Crippen molar-refractivity contribution < 1.29 is 13.2 Å². The summed E-state index contributed by atoms with van der Waals surface area (Å²) in [4.78, 5) is 0.268. The molecule has 114 valence electrons. The van der Waals surface area contributed by atoms with E-state index in [1.54, 1.807) is 24.3 Å². The van der Waals surface area contributed by atoms with Crippen LogP contribution in [0.1, 0.15) is 24.8 Å². The fourth-order valence-electron chi connectivity index (χ4n) is 2.36. The van der Waals surface area contributed by atoms with E-state index < -0.39 is 10.0 Å². The van der Waals surface area contributed by atoms with Gasteiger partial charge in [-0.15, -0.1) is 0 Å². The zero-order chi connectivity index (χ0) is 15.3. The second kappa shape index (κ2) is 7.03. The smallest absolute Gasteiger partial charge is 0.243 e. The maximum atomic E-state index is 12.7. The van der Waals surface area contributed by atoms with E-state index in [9.17, 15) is 8.42 Å². The Bertz CT molecular complexity index is 599. The number of ether oxygens (including phenoxy) is 1. The largest absolute Gasteiger partial charge is 0.377 e. The van der Waals surface area contributed by atoms with Gasteiger partial charge in [-0.2, -0.15) is 9.57 Å². The van der Waals surface area contributed by atoms with Gasteiger partial charge in [0.25, 0.3) is 0 Å². The van der Waals surface area contributed by atoms with Crippen molar-refractivity contribution in [2.45, 2.75) is 37.2 Å². The number of hydrogen-bond donors (Lipinski definition) is 0. The van der Waals surface area contributed by atoms with Crippen molar-refractivity contribution in [2.75, 3.05) is 19.7 Å². The summed E-state index contributed by atoms with van der Waals surface area (Å²) in [5.41, 5.74) is 1.01. The van der Waals surface area contributed by atoms with Crippen LogP contribution in [0.25, 0.3) is 0 Å². The Morgan fingerprint density at radius 2 is 2.10 bits per heavy atom. The summed E-state index contributed by atoms with van der Waals surface area (Å²) in [6.45, 7) is 3.11. The third-order valence-electron chi connectivity index (χ3n) is 3.56. The van der Waals surface area contributed by atoms with E-state index in [1.165, 1.54) is 4.31 Å². The van der Waals surface area contributed by atoms with Crippen LogP contribution in [0.2, 0.25) is 0 Å². The van der Waals surface area contributed by atoms with E-state index in [1.807, 2.05) is 13.0 Å². The molecule has 1 aliphatic rings. The minimum atomic E-state index is -3.58. The summed E-state index contributed by atoms with van der Waals surface area (Å²) < 4.78 is 32.3. The zero-order valence-corrected chi connectivity index (χ0v) is 13.0. The van der Waals surface area contributed by atoms with Gasteiger partial charge in [0.2, 0.25) is 10.0 Å². The van der Waals surface area contributed by atoms with E-state index in [2.05, 4.69) is 0 Å². The highest BCUT2D eigenvalue weighted by atomic mass is 32.2. The molecule has 0 saturated carbocycles. The highest BCUT2D eigenvalue weighted by Gasteiger charge is 2.28. The summed E-state index contributed by atoms with van der Waals surface area (Å²) in [6, 6.07) is 8.79. The van der Waals surface area contributed by atoms with Crippen LogP contribution in [0.4, 0.5) is 0 Å². The lowest BCUT2D eigenvalue weighted by Crippen LogP contribution is -2.38. The normalized spacial score (nSPS) is 18.8. The van der Waals surface area contributed by atoms with Crippen molar-refractivity contribution in [1.29, 1.82) is 5.26 Å². The van der Waals surface area contributed by atoms with E-state index in [0.717, 1.165) is 18.4 Å². The predicted molar refractivity (Wildman–Crippen MR) is 79.1 cm³/mol. The van der Waals surface area contributed by atoms with Crippen LogP contribution >= 0.6 is 0 Å². The number of nitrogens with zero attached hydrogens (tertiary/aromatic N) is 2. The topological polar surface area (TPSA) is 70.4 Å². The van der Waals surface area contributed by atoms with Gasteiger partial charge in [0, 0.05) is 26.1 Å². The Morgan fingerprint density at radius 3 is 2.67 bits per heavy atom. The molecule has 0 N–H and O–H groups in total. The van der Waals surface area contributed by atoms with Gasteiger partial charge in [0.15, 0.2) is 0 Å². The van der Waals surface area contributed by atoms with Gasteiger partial charge in [-0.1, -0.05) is 17.7 Å². The third kappa shape index (κ3) is 4.03. The first-order valence-electron chi connectivity index (χ1n) is 7.09. The van der Waals surface area contributed by atoms with Crippen molar-refractivity contribution in [1.82, 2.24) is 4.31 Å². The maximum absolute atomic E-state index is 12.7. The average Bonchev–Trinajstić information content (AvgIpc) is 2.96. The summed E-state index contributed by atoms with van der Waals surface area (Å²) >= 11 is 0. The number of rotatable bonds is 6. The van der Waals surface area contributed by atoms with Crippen LogP contribution in [0.15, 0.2) is 29.2 Å². The van der Waals surface area contributed by atoms with E-state index in [-0.39, 0.29) is 24.0 Å². The minimum Gasteiger partial charge on any atom is -0.377 e. The second-order valence-electron chi connectivity index (χ2n) is 5.22. The molecule has 1 aromatic carbocycles. The number of nitriles is 1. The first-order valence-corrected chi connectivity index (χ1v) is 8.53. The molecule has 0 aliphatic carbocycles. The summed E-state index contributed by atoms with van der Waals surface area (Å²) in [6.07, 6.45) is 1.94. The van der Waals surface area contributed by atoms with E-state index in [4.69, 9.17) is 10.00 Å². The van der Waals surface area contributed by atoms with Crippen LogP contribution in [-0.4, -0.2) is 38.5 Å². The highest BCUT2D eigenvalue weighted by Crippen LogP contribution is 2.20. The molecule has 0 amide bonds. The van der Waals surface area contributed by atoms with Gasteiger partial charge < -0.3 is 4.74 Å². The zero-order valence-electron chi connectivity index (χ0n) is 12.2. The standard InChI is InChI=1S/C15H20N2O3S/c1-13-5-7-15(8-6-13)21(18,19)17(10-3-9-16)12-14-4-2-11-20-14/h5-8,14H,2-4,10-12H2,1H3/t14-/m1/s1. The van der Waals surface area contributed by atoms with Crippen molar-refractivity contribution in [3.63, 3.8) is 0 Å². The minimum absolute atomic E-state index is 0.0658. The van der Waals surface area contributed by atoms with Crippen LogP contribution in [0.5, 0.6) is 0 Å². The van der Waals surface area contributed by atoms with E-state index >= 15 is 0 Å². The molecule has 21 heavy (non-hydrogen) atoms. The van der Waals surface area contributed by atoms with Gasteiger partial charge in [-0.3, -0.25) is 0 Å². The molecule has 0 radical (unpaired) electrons. The molecule has 0 aromatic heterocycles. The predicted octanol–water partition coefficient (Wildman–Crippen LogP) is 2.08. The maximum Gasteiger partial charge on any atom is 0.243 e. The molecule has 0 spiro atoms. The number of sulfonamides is 1. The monoisotopic (exact) mass is 308 g/mol. The van der Waals surface area contributed by atoms with Crippen molar-refractivity contribution >= 4 is 10.0 Å². The second-order valence-corrected chi connectivity index (χ2v) is 7.16. The lowest BCUT2D eigenvalue weighted by atomic mass is 10.2. The number of hydrogen-bond acceptors (Lipinski definition) is 4. The molecule has 0 bridgehead atoms. The number of benzene rings is 1. The molecule has 1 fully saturated rings. The Hall–Kier alpha value is -1.42. The Kier molecular flexibility index (Phi) is 5.34. The molecule has 1 atom stereocenters. The molecular formula is C15H20N2O3S. The summed E-state index contributed by atoms with van der Waals surface area (Å²) in [5, 5.41) is 8.75. The molecule has 1 aliphatic heterocycles. The van der Waals surface area contributed by atoms with Crippen LogP contribution in [-0.2, 0) is 14.8 Å². The van der Waals surface area contributed by atoms with Crippen molar-refractivity contribution in [3.05, 3.63) is 29.8 Å². The molecule has 2 rings (SSSR count). The van der Waals surface area contributed by atoms with Gasteiger partial charge >= 0.3 is 0 Å². The first-order chi connectivity index (χ1) is 10.0. The Labute approximate surface area is 126 Å². The SMILES string of the molecule is Cc1ccc(S(=O)(=O)N(CCC#N)C[C@H]2CCCO2)cc1. The first kappa shape index (κ1) is 16.0. The van der Waals surface area contributed by atoms with Gasteiger partial charge in [-0.05, 0) is 31.9 Å². The van der Waals surface area contributed by atoms with Crippen molar-refractivity contribution in [3.8, 4) is 6.07 Å². The molecule has 1 saturated heterocycles. The van der Waals surface area contributed by atoms with Gasteiger partial charge in [0.05, 0.1) is 17.1 Å². The van der Waals surface area contributed by atoms with Gasteiger partial charge in [0.1, 0.15) is 0 Å². The van der Waals surface area contributed by atoms with Crippen LogP contribution < -0.4 is 0 Å². The van der Waals surface area contributed by atoms with E-state index in [0.29, 0.717) is 13.2 Å². The molecular weight excluding hydrogens is 288 g/mol. The third-order valence-corrected chi connectivity index (χ3v) is 5.44. The molecule has 6 heteroatoms. The highest BCUT2D eigenvalue weighted by molar-refractivity contribution is 7.89. The lowest BCUT2D eigenvalue weighted by Gasteiger charge is -2.24. The van der Waals surface area contributed by atoms with Gasteiger partial charge in [-0.25, -0.2) is 8.42 Å². The summed E-state index contributed by atoms with van der Waals surface area (Å²) in [7, 11) is -3.58. The Morgan fingerprint density at radius 1 is 1.38 bits per heavy atom. The fourth-order valence-corrected chi connectivity index (χ4v) is 3.83. The Balaban J connectivity index is 2.20. The number of aryl methyl sites for hydroxylation is 1. The van der Waals surface area contributed by atoms with Crippen LogP contribution in [0.3, 0.4) is 0 Å². The van der Waals surface area contributed by atoms with Crippen molar-refractivity contribution in [2.24, 2.45) is 0 Å². The molecule has 1 aromatic rings. The quantitative estimate of drug-likeness (QED) is 0.806. The molecule has 5 nitrogen and oxygen atoms in total.